The Balaban J connectivity index is 1.61. The molecule has 0 unspecified atom stereocenters. The summed E-state index contributed by atoms with van der Waals surface area (Å²) in [6, 6.07) is 4.84. The van der Waals surface area contributed by atoms with Crippen LogP contribution in [0.15, 0.2) is 39.2 Å². The highest BCUT2D eigenvalue weighted by atomic mass is 79.9. The van der Waals surface area contributed by atoms with Gasteiger partial charge in [-0.1, -0.05) is 15.9 Å². The number of benzene rings is 1. The van der Waals surface area contributed by atoms with Gasteiger partial charge in [-0.2, -0.15) is 8.78 Å². The molecule has 1 saturated heterocycles. The number of hydrogen-bond acceptors (Lipinski definition) is 5. The topological polar surface area (TPSA) is 67.0 Å². The number of nitrogens with zero attached hydrogens (tertiary/aromatic N) is 4. The summed E-state index contributed by atoms with van der Waals surface area (Å²) in [4.78, 5) is 12.9. The van der Waals surface area contributed by atoms with Crippen LogP contribution in [0.2, 0.25) is 0 Å². The lowest BCUT2D eigenvalue weighted by molar-refractivity contribution is -0.0504. The van der Waals surface area contributed by atoms with Crippen molar-refractivity contribution >= 4 is 38.4 Å². The van der Waals surface area contributed by atoms with Crippen LogP contribution in [0.4, 0.5) is 13.9 Å². The van der Waals surface area contributed by atoms with Gasteiger partial charge in [0, 0.05) is 47.8 Å². The smallest absolute Gasteiger partial charge is 0.387 e. The van der Waals surface area contributed by atoms with E-state index in [1.165, 1.54) is 6.07 Å². The predicted molar refractivity (Wildman–Crippen MR) is 102 cm³/mol. The van der Waals surface area contributed by atoms with Gasteiger partial charge in [0.25, 0.3) is 0 Å². The van der Waals surface area contributed by atoms with Gasteiger partial charge in [0.1, 0.15) is 5.75 Å². The molecule has 2 heterocycles. The number of aromatic nitrogens is 1. The minimum atomic E-state index is -2.88. The summed E-state index contributed by atoms with van der Waals surface area (Å²) in [6.07, 6.45) is 1.79. The Morgan fingerprint density at radius 1 is 1.35 bits per heavy atom. The van der Waals surface area contributed by atoms with Crippen LogP contribution in [0.25, 0.3) is 0 Å². The van der Waals surface area contributed by atoms with Crippen molar-refractivity contribution in [2.24, 2.45) is 10.7 Å². The van der Waals surface area contributed by atoms with E-state index in [0.717, 1.165) is 35.8 Å². The second-order valence-electron chi connectivity index (χ2n) is 5.59. The highest BCUT2D eigenvalue weighted by Crippen LogP contribution is 2.25. The van der Waals surface area contributed by atoms with Gasteiger partial charge in [0.15, 0.2) is 11.1 Å². The van der Waals surface area contributed by atoms with Crippen molar-refractivity contribution in [3.05, 3.63) is 39.8 Å². The average molecular weight is 446 g/mol. The summed E-state index contributed by atoms with van der Waals surface area (Å²) in [5, 5.41) is 2.96. The highest BCUT2D eigenvalue weighted by Gasteiger charge is 2.20. The molecule has 1 aliphatic heterocycles. The fourth-order valence-electron chi connectivity index (χ4n) is 2.65. The average Bonchev–Trinajstić information content (AvgIpc) is 3.16. The lowest BCUT2D eigenvalue weighted by Gasteiger charge is -2.35. The maximum Gasteiger partial charge on any atom is 0.387 e. The molecule has 10 heteroatoms. The molecular weight excluding hydrogens is 428 g/mol. The SMILES string of the molecule is NC(=NCc1cc(Br)ccc1OC(F)F)N1CCN(c2nccs2)CC1. The van der Waals surface area contributed by atoms with Crippen LogP contribution >= 0.6 is 27.3 Å². The van der Waals surface area contributed by atoms with E-state index < -0.39 is 6.61 Å². The second-order valence-corrected chi connectivity index (χ2v) is 7.38. The van der Waals surface area contributed by atoms with Crippen LogP contribution in [0.1, 0.15) is 5.56 Å². The van der Waals surface area contributed by atoms with E-state index in [1.54, 1.807) is 29.7 Å². The van der Waals surface area contributed by atoms with Gasteiger partial charge in [0.05, 0.1) is 6.54 Å². The summed E-state index contributed by atoms with van der Waals surface area (Å²) in [5.74, 6) is 0.500. The minimum absolute atomic E-state index is 0.105. The van der Waals surface area contributed by atoms with Crippen LogP contribution < -0.4 is 15.4 Å². The number of nitrogens with two attached hydrogens (primary N) is 1. The quantitative estimate of drug-likeness (QED) is 0.565. The lowest BCUT2D eigenvalue weighted by Crippen LogP contribution is -2.51. The number of rotatable bonds is 5. The first-order chi connectivity index (χ1) is 12.5. The number of aliphatic imine (C=N–C) groups is 1. The first-order valence-electron chi connectivity index (χ1n) is 7.95. The standard InChI is InChI=1S/C16H18BrF2N5OS/c17-12-1-2-13(25-14(18)19)11(9-12)10-22-15(20)23-4-6-24(7-5-23)16-21-3-8-26-16/h1-3,8-9,14H,4-7,10H2,(H2,20,22). The number of ether oxygens (including phenoxy) is 1. The van der Waals surface area contributed by atoms with Gasteiger partial charge in [-0.25, -0.2) is 9.98 Å². The maximum atomic E-state index is 12.5. The third-order valence-electron chi connectivity index (χ3n) is 3.94. The molecule has 0 amide bonds. The van der Waals surface area contributed by atoms with Crippen LogP contribution in [0, 0.1) is 0 Å². The number of piperazine rings is 1. The molecule has 0 atom stereocenters. The molecule has 1 aromatic heterocycles. The Morgan fingerprint density at radius 3 is 2.77 bits per heavy atom. The Kier molecular flexibility index (Phi) is 6.25. The van der Waals surface area contributed by atoms with Crippen molar-refractivity contribution in [2.75, 3.05) is 31.1 Å². The summed E-state index contributed by atoms with van der Waals surface area (Å²) >= 11 is 4.94. The molecule has 140 valence electrons. The molecule has 0 spiro atoms. The van der Waals surface area contributed by atoms with E-state index >= 15 is 0 Å². The highest BCUT2D eigenvalue weighted by molar-refractivity contribution is 9.10. The number of alkyl halides is 2. The van der Waals surface area contributed by atoms with Crippen molar-refractivity contribution in [3.63, 3.8) is 0 Å². The number of guanidine groups is 1. The molecule has 1 fully saturated rings. The Bertz CT molecular complexity index is 751. The largest absolute Gasteiger partial charge is 0.434 e. The second kappa shape index (κ2) is 8.63. The first-order valence-corrected chi connectivity index (χ1v) is 9.63. The zero-order chi connectivity index (χ0) is 18.5. The fourth-order valence-corrected chi connectivity index (χ4v) is 3.75. The predicted octanol–water partition coefficient (Wildman–Crippen LogP) is 3.14. The van der Waals surface area contributed by atoms with Crippen molar-refractivity contribution in [1.82, 2.24) is 9.88 Å². The Labute approximate surface area is 162 Å². The minimum Gasteiger partial charge on any atom is -0.434 e. The van der Waals surface area contributed by atoms with Gasteiger partial charge in [-0.05, 0) is 18.2 Å². The van der Waals surface area contributed by atoms with Crippen LogP contribution in [-0.4, -0.2) is 48.6 Å². The fraction of sp³-hybridized carbons (Fsp3) is 0.375. The zero-order valence-electron chi connectivity index (χ0n) is 13.8. The molecule has 6 nitrogen and oxygen atoms in total. The zero-order valence-corrected chi connectivity index (χ0v) is 16.2. The van der Waals surface area contributed by atoms with E-state index in [2.05, 4.69) is 35.5 Å². The molecule has 2 N–H and O–H groups in total. The Morgan fingerprint density at radius 2 is 2.12 bits per heavy atom. The van der Waals surface area contributed by atoms with Gasteiger partial charge in [-0.15, -0.1) is 11.3 Å². The van der Waals surface area contributed by atoms with Crippen molar-refractivity contribution < 1.29 is 13.5 Å². The number of hydrogen-bond donors (Lipinski definition) is 1. The molecule has 0 radical (unpaired) electrons. The van der Waals surface area contributed by atoms with E-state index in [1.807, 2.05) is 10.3 Å². The molecule has 26 heavy (non-hydrogen) atoms. The monoisotopic (exact) mass is 445 g/mol. The summed E-state index contributed by atoms with van der Waals surface area (Å²) in [7, 11) is 0. The van der Waals surface area contributed by atoms with Crippen LogP contribution in [0.5, 0.6) is 5.75 Å². The van der Waals surface area contributed by atoms with Crippen molar-refractivity contribution in [3.8, 4) is 5.75 Å². The van der Waals surface area contributed by atoms with Gasteiger partial charge in [0.2, 0.25) is 0 Å². The van der Waals surface area contributed by atoms with E-state index in [9.17, 15) is 8.78 Å². The van der Waals surface area contributed by atoms with Gasteiger partial charge in [-0.3, -0.25) is 0 Å². The molecule has 1 aliphatic rings. The van der Waals surface area contributed by atoms with E-state index in [0.29, 0.717) is 11.5 Å². The molecule has 0 aliphatic carbocycles. The molecule has 1 aromatic carbocycles. The third kappa shape index (κ3) is 4.82. The maximum absolute atomic E-state index is 12.5. The van der Waals surface area contributed by atoms with Gasteiger partial charge >= 0.3 is 6.61 Å². The molecule has 2 aromatic rings. The summed E-state index contributed by atoms with van der Waals surface area (Å²) in [5.41, 5.74) is 6.64. The van der Waals surface area contributed by atoms with Crippen LogP contribution in [-0.2, 0) is 6.54 Å². The number of thiazole rings is 1. The van der Waals surface area contributed by atoms with Gasteiger partial charge < -0.3 is 20.3 Å². The van der Waals surface area contributed by atoms with Crippen LogP contribution in [0.3, 0.4) is 0 Å². The van der Waals surface area contributed by atoms with Crippen molar-refractivity contribution in [2.45, 2.75) is 13.2 Å². The van der Waals surface area contributed by atoms with Crippen molar-refractivity contribution in [1.29, 1.82) is 0 Å². The van der Waals surface area contributed by atoms with E-state index in [-0.39, 0.29) is 12.3 Å². The molecule has 0 saturated carbocycles. The normalized spacial score (nSPS) is 15.6. The molecule has 3 rings (SSSR count). The first kappa shape index (κ1) is 18.8. The summed E-state index contributed by atoms with van der Waals surface area (Å²) < 4.78 is 30.4. The lowest BCUT2D eigenvalue weighted by atomic mass is 10.2. The van der Waals surface area contributed by atoms with E-state index in [4.69, 9.17) is 5.73 Å². The molecular formula is C16H18BrF2N5OS. The summed E-state index contributed by atoms with van der Waals surface area (Å²) in [6.45, 7) is 0.359. The molecule has 0 bridgehead atoms. The Hall–Kier alpha value is -1.94. The number of anilines is 1. The third-order valence-corrected chi connectivity index (χ3v) is 5.27. The number of halogens is 3.